The first-order valence-electron chi connectivity index (χ1n) is 15.2. The molecular formula is C34H38F5N3O4. The minimum Gasteiger partial charge on any atom is -0.481 e. The smallest absolute Gasteiger partial charge is 0.416 e. The van der Waals surface area contributed by atoms with Gasteiger partial charge in [-0.1, -0.05) is 26.0 Å². The van der Waals surface area contributed by atoms with E-state index in [0.29, 0.717) is 18.2 Å². The number of amides is 1. The van der Waals surface area contributed by atoms with Crippen molar-refractivity contribution in [3.8, 4) is 11.1 Å². The highest BCUT2D eigenvalue weighted by Gasteiger charge is 2.36. The van der Waals surface area contributed by atoms with Gasteiger partial charge in [0.25, 0.3) is 5.56 Å². The third kappa shape index (κ3) is 8.01. The lowest BCUT2D eigenvalue weighted by molar-refractivity contribution is -0.139. The van der Waals surface area contributed by atoms with E-state index in [1.54, 1.807) is 26.8 Å². The number of nitrogens with one attached hydrogen (secondary N) is 1. The van der Waals surface area contributed by atoms with Gasteiger partial charge in [-0.05, 0) is 92.6 Å². The van der Waals surface area contributed by atoms with Crippen LogP contribution in [0.5, 0.6) is 0 Å². The summed E-state index contributed by atoms with van der Waals surface area (Å²) in [7, 11) is 0. The number of carbonyl (C=O) groups excluding carboxylic acids is 1. The van der Waals surface area contributed by atoms with Crippen molar-refractivity contribution in [2.45, 2.75) is 71.6 Å². The molecule has 0 aliphatic carbocycles. The lowest BCUT2D eigenvalue weighted by Gasteiger charge is -2.31. The van der Waals surface area contributed by atoms with Crippen molar-refractivity contribution in [1.82, 2.24) is 14.8 Å². The summed E-state index contributed by atoms with van der Waals surface area (Å²) in [6.07, 6.45) is -3.50. The summed E-state index contributed by atoms with van der Waals surface area (Å²) in [5.74, 6) is -3.81. The summed E-state index contributed by atoms with van der Waals surface area (Å²) in [5, 5.41) is 12.3. The number of carboxylic acid groups (broad SMARTS) is 1. The van der Waals surface area contributed by atoms with Gasteiger partial charge >= 0.3 is 12.1 Å². The van der Waals surface area contributed by atoms with Crippen LogP contribution in [0.2, 0.25) is 0 Å². The molecule has 0 bridgehead atoms. The van der Waals surface area contributed by atoms with E-state index in [9.17, 15) is 37.1 Å². The SMILES string of the molecule is Cc1cc(-c2c(C)cccc2F)cc([C@H](CC(=O)O)NC(=O)C(CC(C)C)n2cc(CCN3CCC3)c(C(F)(F)F)cc2=O)c1F. The number of benzene rings is 2. The maximum absolute atomic E-state index is 15.6. The molecule has 1 saturated heterocycles. The highest BCUT2D eigenvalue weighted by atomic mass is 19.4. The number of rotatable bonds is 12. The van der Waals surface area contributed by atoms with Crippen LogP contribution in [-0.4, -0.2) is 46.1 Å². The van der Waals surface area contributed by atoms with Gasteiger partial charge in [0.1, 0.15) is 17.7 Å². The number of carbonyl (C=O) groups is 2. The summed E-state index contributed by atoms with van der Waals surface area (Å²) in [5.41, 5.74) is -1.35. The van der Waals surface area contributed by atoms with Crippen LogP contribution in [-0.2, 0) is 22.2 Å². The van der Waals surface area contributed by atoms with Crippen LogP contribution in [0.3, 0.4) is 0 Å². The molecule has 46 heavy (non-hydrogen) atoms. The Bertz CT molecular complexity index is 1640. The Morgan fingerprint density at radius 2 is 1.74 bits per heavy atom. The van der Waals surface area contributed by atoms with Gasteiger partial charge < -0.3 is 19.9 Å². The van der Waals surface area contributed by atoms with Gasteiger partial charge in [-0.15, -0.1) is 0 Å². The Kier molecular flexibility index (Phi) is 10.7. The third-order valence-corrected chi connectivity index (χ3v) is 8.31. The van der Waals surface area contributed by atoms with Crippen LogP contribution in [0.25, 0.3) is 11.1 Å². The Balaban J connectivity index is 1.77. The van der Waals surface area contributed by atoms with Gasteiger partial charge in [0, 0.05) is 29.9 Å². The quantitative estimate of drug-likeness (QED) is 0.216. The van der Waals surface area contributed by atoms with Gasteiger partial charge in [0.05, 0.1) is 18.0 Å². The standard InChI is InChI=1S/C34H38F5N3O4/c1-19(2)13-28(42-18-22(9-12-41-10-6-11-41)25(16-29(42)43)34(37,38)39)33(46)40-27(17-30(44)45)24-15-23(14-21(4)32(24)36)31-20(3)7-5-8-26(31)35/h5,7-8,14-16,18-19,27-28H,6,9-13,17H2,1-4H3,(H,40,46)(H,44,45)/t27-,28?/m0/s1. The molecule has 2 atom stereocenters. The number of aryl methyl sites for hydroxylation is 2. The van der Waals surface area contributed by atoms with Crippen molar-refractivity contribution in [2.24, 2.45) is 5.92 Å². The fourth-order valence-corrected chi connectivity index (χ4v) is 5.85. The van der Waals surface area contributed by atoms with E-state index in [4.69, 9.17) is 0 Å². The largest absolute Gasteiger partial charge is 0.481 e. The average molecular weight is 648 g/mol. The molecule has 4 rings (SSSR count). The van der Waals surface area contributed by atoms with Crippen molar-refractivity contribution in [1.29, 1.82) is 0 Å². The first-order chi connectivity index (χ1) is 21.6. The van der Waals surface area contributed by atoms with Gasteiger partial charge in [-0.3, -0.25) is 14.4 Å². The molecule has 1 aliphatic rings. The zero-order valence-electron chi connectivity index (χ0n) is 26.2. The van der Waals surface area contributed by atoms with Gasteiger partial charge in [0.2, 0.25) is 5.91 Å². The number of pyridine rings is 1. The fraction of sp³-hybridized carbons (Fsp3) is 0.441. The number of hydrogen-bond acceptors (Lipinski definition) is 4. The zero-order chi connectivity index (χ0) is 33.9. The van der Waals surface area contributed by atoms with E-state index >= 15 is 4.39 Å². The normalized spacial score (nSPS) is 15.0. The van der Waals surface area contributed by atoms with Crippen LogP contribution in [0, 0.1) is 31.4 Å². The second-order valence-electron chi connectivity index (χ2n) is 12.3. The number of carboxylic acids is 1. The molecule has 248 valence electrons. The summed E-state index contributed by atoms with van der Waals surface area (Å²) < 4.78 is 73.3. The lowest BCUT2D eigenvalue weighted by atomic mass is 9.92. The van der Waals surface area contributed by atoms with Gasteiger partial charge in [-0.2, -0.15) is 13.2 Å². The maximum atomic E-state index is 15.6. The van der Waals surface area contributed by atoms with Crippen molar-refractivity contribution >= 4 is 11.9 Å². The van der Waals surface area contributed by atoms with Crippen molar-refractivity contribution in [2.75, 3.05) is 19.6 Å². The number of alkyl halides is 3. The molecule has 7 nitrogen and oxygen atoms in total. The number of aromatic nitrogens is 1. The van der Waals surface area contributed by atoms with Crippen molar-refractivity contribution in [3.05, 3.63) is 92.4 Å². The molecule has 0 radical (unpaired) electrons. The van der Waals surface area contributed by atoms with Crippen LogP contribution >= 0.6 is 0 Å². The predicted molar refractivity (Wildman–Crippen MR) is 163 cm³/mol. The maximum Gasteiger partial charge on any atom is 0.416 e. The average Bonchev–Trinajstić information content (AvgIpc) is 2.92. The second kappa shape index (κ2) is 14.1. The summed E-state index contributed by atoms with van der Waals surface area (Å²) >= 11 is 0. The van der Waals surface area contributed by atoms with E-state index in [2.05, 4.69) is 5.32 Å². The van der Waals surface area contributed by atoms with E-state index in [1.165, 1.54) is 31.2 Å². The summed E-state index contributed by atoms with van der Waals surface area (Å²) in [4.78, 5) is 41.0. The Hall–Kier alpha value is -4.06. The molecule has 2 N–H and O–H groups in total. The van der Waals surface area contributed by atoms with E-state index in [-0.39, 0.29) is 46.6 Å². The molecule has 1 aromatic heterocycles. The molecule has 1 unspecified atom stereocenters. The summed E-state index contributed by atoms with van der Waals surface area (Å²) in [6, 6.07) is 4.87. The molecule has 3 aromatic rings. The van der Waals surface area contributed by atoms with E-state index < -0.39 is 59.3 Å². The molecule has 1 fully saturated rings. The minimum atomic E-state index is -4.79. The Labute approximate surface area is 264 Å². The van der Waals surface area contributed by atoms with Gasteiger partial charge in [0.15, 0.2) is 0 Å². The summed E-state index contributed by atoms with van der Waals surface area (Å²) in [6.45, 7) is 8.50. The van der Waals surface area contributed by atoms with Crippen molar-refractivity contribution in [3.63, 3.8) is 0 Å². The number of likely N-dealkylation sites (tertiary alicyclic amines) is 1. The zero-order valence-corrected chi connectivity index (χ0v) is 26.2. The number of aliphatic carboxylic acids is 1. The number of halogens is 5. The molecular weight excluding hydrogens is 609 g/mol. The molecule has 2 heterocycles. The van der Waals surface area contributed by atoms with Crippen LogP contribution in [0.4, 0.5) is 22.0 Å². The molecule has 2 aromatic carbocycles. The third-order valence-electron chi connectivity index (χ3n) is 8.31. The van der Waals surface area contributed by atoms with Crippen LogP contribution in [0.15, 0.2) is 47.4 Å². The molecule has 0 saturated carbocycles. The lowest BCUT2D eigenvalue weighted by Crippen LogP contribution is -2.41. The van der Waals surface area contributed by atoms with E-state index in [1.807, 2.05) is 4.90 Å². The van der Waals surface area contributed by atoms with Crippen LogP contribution < -0.4 is 10.9 Å². The predicted octanol–water partition coefficient (Wildman–Crippen LogP) is 6.60. The second-order valence-corrected chi connectivity index (χ2v) is 12.3. The van der Waals surface area contributed by atoms with Crippen molar-refractivity contribution < 1.29 is 36.6 Å². The monoisotopic (exact) mass is 647 g/mol. The topological polar surface area (TPSA) is 91.6 Å². The van der Waals surface area contributed by atoms with Gasteiger partial charge in [-0.25, -0.2) is 8.78 Å². The minimum absolute atomic E-state index is 0.000473. The highest BCUT2D eigenvalue weighted by Crippen LogP contribution is 2.35. The molecule has 1 aliphatic heterocycles. The first kappa shape index (κ1) is 34.8. The van der Waals surface area contributed by atoms with E-state index in [0.717, 1.165) is 30.3 Å². The Morgan fingerprint density at radius 3 is 2.30 bits per heavy atom. The molecule has 0 spiro atoms. The van der Waals surface area contributed by atoms with Crippen LogP contribution in [0.1, 0.15) is 73.0 Å². The number of nitrogens with zero attached hydrogens (tertiary/aromatic N) is 2. The first-order valence-corrected chi connectivity index (χ1v) is 15.2. The molecule has 12 heteroatoms. The molecule has 1 amide bonds. The number of hydrogen-bond donors (Lipinski definition) is 2. The Morgan fingerprint density at radius 1 is 1.04 bits per heavy atom. The highest BCUT2D eigenvalue weighted by molar-refractivity contribution is 5.82. The fourth-order valence-electron chi connectivity index (χ4n) is 5.85.